The Bertz CT molecular complexity index is 901. The van der Waals surface area contributed by atoms with E-state index in [1.165, 1.54) is 0 Å². The second kappa shape index (κ2) is 6.79. The molecule has 2 N–H and O–H groups in total. The molecule has 1 atom stereocenters. The molecule has 0 bridgehead atoms. The SMILES string of the molecule is COc1ccc(C(Nc2ncccn2)c2cc3c(cc2O)OCO3)cc1. The lowest BCUT2D eigenvalue weighted by Crippen LogP contribution is -2.14. The first kappa shape index (κ1) is 16.0. The van der Waals surface area contributed by atoms with E-state index in [1.54, 1.807) is 37.7 Å². The van der Waals surface area contributed by atoms with Crippen LogP contribution < -0.4 is 19.5 Å². The molecule has 2 aromatic carbocycles. The van der Waals surface area contributed by atoms with Crippen molar-refractivity contribution < 1.29 is 19.3 Å². The summed E-state index contributed by atoms with van der Waals surface area (Å²) < 4.78 is 16.0. The quantitative estimate of drug-likeness (QED) is 0.730. The minimum absolute atomic E-state index is 0.0958. The molecule has 3 aromatic rings. The van der Waals surface area contributed by atoms with Gasteiger partial charge in [-0.3, -0.25) is 0 Å². The van der Waals surface area contributed by atoms with E-state index in [-0.39, 0.29) is 12.5 Å². The van der Waals surface area contributed by atoms with Crippen molar-refractivity contribution in [3.8, 4) is 23.0 Å². The van der Waals surface area contributed by atoms with Crippen LogP contribution in [0.4, 0.5) is 5.95 Å². The van der Waals surface area contributed by atoms with Crippen LogP contribution in [0.5, 0.6) is 23.0 Å². The third kappa shape index (κ3) is 3.06. The first-order chi connectivity index (χ1) is 12.7. The summed E-state index contributed by atoms with van der Waals surface area (Å²) in [4.78, 5) is 8.44. The van der Waals surface area contributed by atoms with Crippen molar-refractivity contribution in [2.24, 2.45) is 0 Å². The first-order valence-corrected chi connectivity index (χ1v) is 8.04. The zero-order chi connectivity index (χ0) is 17.9. The van der Waals surface area contributed by atoms with Gasteiger partial charge in [-0.15, -0.1) is 0 Å². The Morgan fingerprint density at radius 3 is 2.46 bits per heavy atom. The molecule has 1 aliphatic heterocycles. The molecule has 0 saturated carbocycles. The summed E-state index contributed by atoms with van der Waals surface area (Å²) >= 11 is 0. The Morgan fingerprint density at radius 2 is 1.77 bits per heavy atom. The molecule has 2 heterocycles. The Balaban J connectivity index is 1.77. The largest absolute Gasteiger partial charge is 0.507 e. The number of methoxy groups -OCH3 is 1. The number of benzene rings is 2. The summed E-state index contributed by atoms with van der Waals surface area (Å²) in [5, 5.41) is 13.8. The minimum Gasteiger partial charge on any atom is -0.507 e. The number of nitrogens with one attached hydrogen (secondary N) is 1. The number of aromatic nitrogens is 2. The number of hydrogen-bond acceptors (Lipinski definition) is 7. The molecule has 0 fully saturated rings. The van der Waals surface area contributed by atoms with Crippen molar-refractivity contribution in [2.45, 2.75) is 6.04 Å². The first-order valence-electron chi connectivity index (χ1n) is 8.04. The average Bonchev–Trinajstić information content (AvgIpc) is 3.14. The smallest absolute Gasteiger partial charge is 0.231 e. The van der Waals surface area contributed by atoms with E-state index >= 15 is 0 Å². The zero-order valence-electron chi connectivity index (χ0n) is 14.0. The molecule has 0 saturated heterocycles. The van der Waals surface area contributed by atoms with Gasteiger partial charge in [-0.2, -0.15) is 0 Å². The molecule has 0 spiro atoms. The summed E-state index contributed by atoms with van der Waals surface area (Å²) in [5.41, 5.74) is 1.54. The Hall–Kier alpha value is -3.48. The highest BCUT2D eigenvalue weighted by Crippen LogP contribution is 2.42. The monoisotopic (exact) mass is 351 g/mol. The van der Waals surface area contributed by atoms with Crippen LogP contribution in [-0.4, -0.2) is 29.0 Å². The van der Waals surface area contributed by atoms with Gasteiger partial charge in [0.1, 0.15) is 11.5 Å². The van der Waals surface area contributed by atoms with E-state index in [0.29, 0.717) is 23.0 Å². The van der Waals surface area contributed by atoms with E-state index in [2.05, 4.69) is 15.3 Å². The van der Waals surface area contributed by atoms with Crippen LogP contribution in [0.25, 0.3) is 0 Å². The molecule has 26 heavy (non-hydrogen) atoms. The second-order valence-corrected chi connectivity index (χ2v) is 5.69. The van der Waals surface area contributed by atoms with Crippen LogP contribution >= 0.6 is 0 Å². The highest BCUT2D eigenvalue weighted by atomic mass is 16.7. The number of hydrogen-bond donors (Lipinski definition) is 2. The third-order valence-electron chi connectivity index (χ3n) is 4.12. The molecule has 0 aliphatic carbocycles. The van der Waals surface area contributed by atoms with Crippen molar-refractivity contribution in [1.82, 2.24) is 9.97 Å². The standard InChI is InChI=1S/C19H17N3O4/c1-24-13-5-3-12(4-6-13)18(22-19-20-7-2-8-21-19)14-9-16-17(10-15(14)23)26-11-25-16/h2-10,18,23H,11H2,1H3,(H,20,21,22). The van der Waals surface area contributed by atoms with Gasteiger partial charge >= 0.3 is 0 Å². The minimum atomic E-state index is -0.391. The molecule has 0 amide bonds. The Kier molecular flexibility index (Phi) is 4.18. The predicted octanol–water partition coefficient (Wildman–Crippen LogP) is 3.12. The molecular weight excluding hydrogens is 334 g/mol. The fourth-order valence-electron chi connectivity index (χ4n) is 2.82. The molecule has 1 aliphatic rings. The van der Waals surface area contributed by atoms with Gasteiger partial charge in [-0.25, -0.2) is 9.97 Å². The van der Waals surface area contributed by atoms with Gasteiger partial charge in [0, 0.05) is 24.0 Å². The van der Waals surface area contributed by atoms with E-state index < -0.39 is 6.04 Å². The van der Waals surface area contributed by atoms with Crippen molar-refractivity contribution in [3.05, 3.63) is 66.0 Å². The number of phenolic OH excluding ortho intramolecular Hbond substituents is 1. The van der Waals surface area contributed by atoms with Gasteiger partial charge in [0.15, 0.2) is 11.5 Å². The lowest BCUT2D eigenvalue weighted by atomic mass is 9.97. The molecular formula is C19H17N3O4. The topological polar surface area (TPSA) is 85.7 Å². The fourth-order valence-corrected chi connectivity index (χ4v) is 2.82. The van der Waals surface area contributed by atoms with E-state index in [1.807, 2.05) is 24.3 Å². The van der Waals surface area contributed by atoms with Crippen LogP contribution in [-0.2, 0) is 0 Å². The number of rotatable bonds is 5. The average molecular weight is 351 g/mol. The van der Waals surface area contributed by atoms with Gasteiger partial charge in [-0.1, -0.05) is 12.1 Å². The van der Waals surface area contributed by atoms with Gasteiger partial charge in [0.2, 0.25) is 12.7 Å². The van der Waals surface area contributed by atoms with Crippen LogP contribution in [0.1, 0.15) is 17.2 Å². The number of fused-ring (bicyclic) bond motifs is 1. The Labute approximate surface area is 150 Å². The predicted molar refractivity (Wildman–Crippen MR) is 94.7 cm³/mol. The summed E-state index contributed by atoms with van der Waals surface area (Å²) in [6.45, 7) is 0.140. The highest BCUT2D eigenvalue weighted by Gasteiger charge is 2.24. The van der Waals surface area contributed by atoms with Crippen molar-refractivity contribution >= 4 is 5.95 Å². The summed E-state index contributed by atoms with van der Waals surface area (Å²) in [6, 6.07) is 12.2. The van der Waals surface area contributed by atoms with Crippen LogP contribution in [0, 0.1) is 0 Å². The summed E-state index contributed by atoms with van der Waals surface area (Å²) in [7, 11) is 1.62. The van der Waals surface area contributed by atoms with Crippen LogP contribution in [0.15, 0.2) is 54.9 Å². The maximum atomic E-state index is 10.5. The summed E-state index contributed by atoms with van der Waals surface area (Å²) in [6.07, 6.45) is 3.31. The van der Waals surface area contributed by atoms with Gasteiger partial charge < -0.3 is 24.6 Å². The van der Waals surface area contributed by atoms with Crippen molar-refractivity contribution in [1.29, 1.82) is 0 Å². The molecule has 132 valence electrons. The number of aromatic hydroxyl groups is 1. The lowest BCUT2D eigenvalue weighted by molar-refractivity contribution is 0.174. The molecule has 7 nitrogen and oxygen atoms in total. The van der Waals surface area contributed by atoms with Crippen LogP contribution in [0.3, 0.4) is 0 Å². The van der Waals surface area contributed by atoms with E-state index in [9.17, 15) is 5.11 Å². The number of anilines is 1. The van der Waals surface area contributed by atoms with E-state index in [0.717, 1.165) is 11.3 Å². The molecule has 7 heteroatoms. The van der Waals surface area contributed by atoms with E-state index in [4.69, 9.17) is 14.2 Å². The third-order valence-corrected chi connectivity index (χ3v) is 4.12. The highest BCUT2D eigenvalue weighted by molar-refractivity contribution is 5.56. The van der Waals surface area contributed by atoms with Crippen LogP contribution in [0.2, 0.25) is 0 Å². The lowest BCUT2D eigenvalue weighted by Gasteiger charge is -2.21. The number of ether oxygens (including phenoxy) is 3. The number of nitrogens with zero attached hydrogens (tertiary/aromatic N) is 2. The number of phenols is 1. The van der Waals surface area contributed by atoms with Gasteiger partial charge in [0.25, 0.3) is 0 Å². The van der Waals surface area contributed by atoms with Crippen molar-refractivity contribution in [3.63, 3.8) is 0 Å². The molecule has 4 rings (SSSR count). The van der Waals surface area contributed by atoms with Gasteiger partial charge in [-0.05, 0) is 29.8 Å². The fraction of sp³-hybridized carbons (Fsp3) is 0.158. The van der Waals surface area contributed by atoms with Crippen molar-refractivity contribution in [2.75, 3.05) is 19.2 Å². The maximum absolute atomic E-state index is 10.5. The Morgan fingerprint density at radius 1 is 1.08 bits per heavy atom. The normalized spacial score (nSPS) is 13.3. The van der Waals surface area contributed by atoms with Gasteiger partial charge in [0.05, 0.1) is 13.2 Å². The maximum Gasteiger partial charge on any atom is 0.231 e. The molecule has 1 unspecified atom stereocenters. The molecule has 1 aromatic heterocycles. The summed E-state index contributed by atoms with van der Waals surface area (Å²) in [5.74, 6) is 2.41. The zero-order valence-corrected chi connectivity index (χ0v) is 14.0. The second-order valence-electron chi connectivity index (χ2n) is 5.69. The molecule has 0 radical (unpaired) electrons.